The highest BCUT2D eigenvalue weighted by molar-refractivity contribution is 5.10. The highest BCUT2D eigenvalue weighted by atomic mass is 16.3. The van der Waals surface area contributed by atoms with Gasteiger partial charge in [0.1, 0.15) is 0 Å². The molecular weight excluding hydrogens is 178 g/mol. The van der Waals surface area contributed by atoms with Gasteiger partial charge < -0.3 is 10.8 Å². The lowest BCUT2D eigenvalue weighted by atomic mass is 10.2. The van der Waals surface area contributed by atoms with Gasteiger partial charge in [-0.15, -0.1) is 0 Å². The number of nitrogens with two attached hydrogens (primary N) is 1. The van der Waals surface area contributed by atoms with Crippen LogP contribution in [-0.4, -0.2) is 21.5 Å². The van der Waals surface area contributed by atoms with E-state index < -0.39 is 0 Å². The van der Waals surface area contributed by atoms with Crippen LogP contribution >= 0.6 is 0 Å². The Balaban J connectivity index is 2.08. The van der Waals surface area contributed by atoms with Gasteiger partial charge in [-0.2, -0.15) is 5.10 Å². The van der Waals surface area contributed by atoms with Crippen molar-refractivity contribution in [2.45, 2.75) is 37.8 Å². The number of hydrogen-bond donors (Lipinski definition) is 2. The van der Waals surface area contributed by atoms with Crippen molar-refractivity contribution in [1.82, 2.24) is 9.78 Å². The average molecular weight is 195 g/mol. The average Bonchev–Trinajstić information content (AvgIpc) is 2.86. The van der Waals surface area contributed by atoms with Gasteiger partial charge in [-0.05, 0) is 12.8 Å². The highest BCUT2D eigenvalue weighted by Crippen LogP contribution is 2.29. The van der Waals surface area contributed by atoms with Gasteiger partial charge in [-0.1, -0.05) is 12.8 Å². The molecule has 4 heteroatoms. The van der Waals surface area contributed by atoms with Gasteiger partial charge in [0.2, 0.25) is 0 Å². The lowest BCUT2D eigenvalue weighted by Gasteiger charge is -2.09. The Bertz CT molecular complexity index is 291. The first kappa shape index (κ1) is 9.68. The first-order valence-electron chi connectivity index (χ1n) is 5.21. The van der Waals surface area contributed by atoms with E-state index in [9.17, 15) is 0 Å². The molecule has 0 aliphatic heterocycles. The molecule has 1 unspecified atom stereocenters. The largest absolute Gasteiger partial charge is 0.394 e. The van der Waals surface area contributed by atoms with E-state index in [1.807, 2.05) is 10.9 Å². The zero-order chi connectivity index (χ0) is 9.97. The Morgan fingerprint density at radius 3 is 2.93 bits per heavy atom. The first-order chi connectivity index (χ1) is 6.81. The lowest BCUT2D eigenvalue weighted by molar-refractivity contribution is 0.268. The van der Waals surface area contributed by atoms with Crippen LogP contribution in [0.25, 0.3) is 0 Å². The molecule has 0 amide bonds. The number of aliphatic hydroxyl groups is 1. The molecule has 1 aliphatic carbocycles. The minimum atomic E-state index is -0.287. The zero-order valence-corrected chi connectivity index (χ0v) is 8.26. The molecule has 14 heavy (non-hydrogen) atoms. The summed E-state index contributed by atoms with van der Waals surface area (Å²) in [5.41, 5.74) is 6.63. The minimum absolute atomic E-state index is 0.0175. The molecule has 0 bridgehead atoms. The lowest BCUT2D eigenvalue weighted by Crippen LogP contribution is -2.13. The predicted octanol–water partition coefficient (Wildman–Crippen LogP) is 0.990. The maximum Gasteiger partial charge on any atom is 0.0625 e. The van der Waals surface area contributed by atoms with Crippen molar-refractivity contribution in [1.29, 1.82) is 0 Å². The summed E-state index contributed by atoms with van der Waals surface area (Å²) < 4.78 is 2.00. The second-order valence-corrected chi connectivity index (χ2v) is 3.98. The van der Waals surface area contributed by atoms with Crippen LogP contribution in [0.4, 0.5) is 0 Å². The van der Waals surface area contributed by atoms with E-state index in [2.05, 4.69) is 5.10 Å². The summed E-state index contributed by atoms with van der Waals surface area (Å²) in [6.07, 6.45) is 8.76. The second kappa shape index (κ2) is 4.11. The Labute approximate surface area is 83.7 Å². The Hall–Kier alpha value is -0.870. The van der Waals surface area contributed by atoms with Crippen molar-refractivity contribution in [3.8, 4) is 0 Å². The van der Waals surface area contributed by atoms with E-state index in [1.54, 1.807) is 6.20 Å². The summed E-state index contributed by atoms with van der Waals surface area (Å²) >= 11 is 0. The fourth-order valence-corrected chi connectivity index (χ4v) is 2.02. The van der Waals surface area contributed by atoms with Gasteiger partial charge in [0.25, 0.3) is 0 Å². The molecule has 3 N–H and O–H groups in total. The SMILES string of the molecule is NC(CO)c1cnn(C2CCCC2)c1. The van der Waals surface area contributed by atoms with Crippen molar-refractivity contribution in [2.75, 3.05) is 6.61 Å². The van der Waals surface area contributed by atoms with E-state index in [1.165, 1.54) is 25.7 Å². The van der Waals surface area contributed by atoms with Crippen LogP contribution in [0.1, 0.15) is 43.3 Å². The van der Waals surface area contributed by atoms with Crippen LogP contribution in [0.2, 0.25) is 0 Å². The van der Waals surface area contributed by atoms with Crippen LogP contribution < -0.4 is 5.73 Å². The summed E-state index contributed by atoms with van der Waals surface area (Å²) in [5, 5.41) is 13.2. The molecule has 78 valence electrons. The third-order valence-corrected chi connectivity index (χ3v) is 2.95. The fraction of sp³-hybridized carbons (Fsp3) is 0.700. The van der Waals surface area contributed by atoms with Crippen molar-refractivity contribution < 1.29 is 5.11 Å². The molecule has 0 spiro atoms. The number of rotatable bonds is 3. The second-order valence-electron chi connectivity index (χ2n) is 3.98. The third kappa shape index (κ3) is 1.81. The molecule has 4 nitrogen and oxygen atoms in total. The van der Waals surface area contributed by atoms with Gasteiger partial charge in [0, 0.05) is 11.8 Å². The summed E-state index contributed by atoms with van der Waals surface area (Å²) in [7, 11) is 0. The molecule has 0 saturated heterocycles. The monoisotopic (exact) mass is 195 g/mol. The Morgan fingerprint density at radius 1 is 1.57 bits per heavy atom. The smallest absolute Gasteiger partial charge is 0.0625 e. The molecule has 1 aromatic heterocycles. The van der Waals surface area contributed by atoms with Crippen LogP contribution in [0.3, 0.4) is 0 Å². The molecule has 0 radical (unpaired) electrons. The third-order valence-electron chi connectivity index (χ3n) is 2.95. The van der Waals surface area contributed by atoms with Crippen molar-refractivity contribution >= 4 is 0 Å². The molecule has 1 heterocycles. The molecule has 0 aromatic carbocycles. The van der Waals surface area contributed by atoms with Gasteiger partial charge >= 0.3 is 0 Å². The fourth-order valence-electron chi connectivity index (χ4n) is 2.02. The van der Waals surface area contributed by atoms with Gasteiger partial charge in [-0.3, -0.25) is 4.68 Å². The van der Waals surface area contributed by atoms with Crippen LogP contribution in [0.5, 0.6) is 0 Å². The van der Waals surface area contributed by atoms with Gasteiger partial charge in [-0.25, -0.2) is 0 Å². The van der Waals surface area contributed by atoms with Crippen LogP contribution in [0.15, 0.2) is 12.4 Å². The number of nitrogens with zero attached hydrogens (tertiary/aromatic N) is 2. The topological polar surface area (TPSA) is 64.1 Å². The molecule has 1 aliphatic rings. The summed E-state index contributed by atoms with van der Waals surface area (Å²) in [5.74, 6) is 0. The van der Waals surface area contributed by atoms with Crippen molar-refractivity contribution in [3.05, 3.63) is 18.0 Å². The van der Waals surface area contributed by atoms with E-state index in [4.69, 9.17) is 10.8 Å². The molecule has 1 aromatic rings. The standard InChI is InChI=1S/C10H17N3O/c11-10(7-14)8-5-12-13(6-8)9-3-1-2-4-9/h5-6,9-10,14H,1-4,7,11H2. The van der Waals surface area contributed by atoms with E-state index >= 15 is 0 Å². The quantitative estimate of drug-likeness (QED) is 0.756. The Morgan fingerprint density at radius 2 is 2.29 bits per heavy atom. The molecule has 1 atom stereocenters. The van der Waals surface area contributed by atoms with Gasteiger partial charge in [0.15, 0.2) is 0 Å². The van der Waals surface area contributed by atoms with Crippen LogP contribution in [0, 0.1) is 0 Å². The van der Waals surface area contributed by atoms with E-state index in [0.29, 0.717) is 6.04 Å². The van der Waals surface area contributed by atoms with E-state index in [-0.39, 0.29) is 12.6 Å². The van der Waals surface area contributed by atoms with Gasteiger partial charge in [0.05, 0.1) is 24.9 Å². The molecule has 2 rings (SSSR count). The molecular formula is C10H17N3O. The first-order valence-corrected chi connectivity index (χ1v) is 5.21. The van der Waals surface area contributed by atoms with E-state index in [0.717, 1.165) is 5.56 Å². The van der Waals surface area contributed by atoms with Crippen molar-refractivity contribution in [2.24, 2.45) is 5.73 Å². The maximum absolute atomic E-state index is 8.90. The minimum Gasteiger partial charge on any atom is -0.394 e. The number of aromatic nitrogens is 2. The summed E-state index contributed by atoms with van der Waals surface area (Å²) in [6.45, 7) is -0.0175. The molecule has 1 fully saturated rings. The summed E-state index contributed by atoms with van der Waals surface area (Å²) in [4.78, 5) is 0. The highest BCUT2D eigenvalue weighted by Gasteiger charge is 2.18. The van der Waals surface area contributed by atoms with Crippen molar-refractivity contribution in [3.63, 3.8) is 0 Å². The molecule has 1 saturated carbocycles. The Kier molecular flexibility index (Phi) is 2.84. The predicted molar refractivity (Wildman–Crippen MR) is 53.7 cm³/mol. The summed E-state index contributed by atoms with van der Waals surface area (Å²) in [6, 6.07) is 0.264. The zero-order valence-electron chi connectivity index (χ0n) is 8.26. The van der Waals surface area contributed by atoms with Crippen LogP contribution in [-0.2, 0) is 0 Å². The maximum atomic E-state index is 8.90. The normalized spacial score (nSPS) is 20.1. The number of hydrogen-bond acceptors (Lipinski definition) is 3. The number of aliphatic hydroxyl groups excluding tert-OH is 1.